The Morgan fingerprint density at radius 2 is 2.18 bits per heavy atom. The maximum atomic E-state index is 11.9. The van der Waals surface area contributed by atoms with Crippen molar-refractivity contribution in [2.45, 2.75) is 53.0 Å². The molecule has 1 atom stereocenters. The lowest BCUT2D eigenvalue weighted by Gasteiger charge is -2.15. The van der Waals surface area contributed by atoms with Crippen LogP contribution in [-0.4, -0.2) is 22.0 Å². The quantitative estimate of drug-likeness (QED) is 0.772. The summed E-state index contributed by atoms with van der Waals surface area (Å²) >= 11 is 0. The maximum Gasteiger partial charge on any atom is 0.242 e. The van der Waals surface area contributed by atoms with E-state index in [-0.39, 0.29) is 11.9 Å². The molecule has 0 radical (unpaired) electrons. The van der Waals surface area contributed by atoms with Crippen molar-refractivity contribution in [2.24, 2.45) is 0 Å². The van der Waals surface area contributed by atoms with Gasteiger partial charge in [0.25, 0.3) is 0 Å². The first-order valence-corrected chi connectivity index (χ1v) is 6.35. The SMILES string of the molecule is CCCCCNC(=O)C(C)n1cnc(C)c1C. The van der Waals surface area contributed by atoms with Crippen molar-refractivity contribution in [2.75, 3.05) is 6.54 Å². The van der Waals surface area contributed by atoms with Gasteiger partial charge in [-0.25, -0.2) is 4.98 Å². The number of rotatable bonds is 6. The van der Waals surface area contributed by atoms with Crippen LogP contribution in [0.2, 0.25) is 0 Å². The number of nitrogens with zero attached hydrogens (tertiary/aromatic N) is 2. The molecule has 4 heteroatoms. The predicted octanol–water partition coefficient (Wildman–Crippen LogP) is 2.37. The molecule has 1 amide bonds. The average Bonchev–Trinajstić information content (AvgIpc) is 2.64. The van der Waals surface area contributed by atoms with Gasteiger partial charge in [-0.2, -0.15) is 0 Å². The minimum absolute atomic E-state index is 0.0709. The van der Waals surface area contributed by atoms with E-state index in [2.05, 4.69) is 17.2 Å². The van der Waals surface area contributed by atoms with Crippen LogP contribution in [0.5, 0.6) is 0 Å². The summed E-state index contributed by atoms with van der Waals surface area (Å²) in [7, 11) is 0. The molecule has 0 spiro atoms. The Hall–Kier alpha value is -1.32. The second-order valence-electron chi connectivity index (χ2n) is 4.50. The van der Waals surface area contributed by atoms with E-state index in [1.165, 1.54) is 6.42 Å². The number of carbonyl (C=O) groups is 1. The normalized spacial score (nSPS) is 12.5. The molecule has 1 unspecified atom stereocenters. The average molecular weight is 237 g/mol. The zero-order valence-corrected chi connectivity index (χ0v) is 11.3. The van der Waals surface area contributed by atoms with E-state index in [1.54, 1.807) is 6.33 Å². The summed E-state index contributed by atoms with van der Waals surface area (Å²) in [5, 5.41) is 2.96. The number of aromatic nitrogens is 2. The molecule has 96 valence electrons. The summed E-state index contributed by atoms with van der Waals surface area (Å²) in [4.78, 5) is 16.1. The van der Waals surface area contributed by atoms with Crippen LogP contribution in [0, 0.1) is 13.8 Å². The standard InChI is InChI=1S/C13H23N3O/c1-5-6-7-8-14-13(17)12(4)16-9-15-10(2)11(16)3/h9,12H,5-8H2,1-4H3,(H,14,17). The zero-order chi connectivity index (χ0) is 12.8. The van der Waals surface area contributed by atoms with Gasteiger partial charge in [0.1, 0.15) is 6.04 Å². The zero-order valence-electron chi connectivity index (χ0n) is 11.3. The molecule has 1 N–H and O–H groups in total. The van der Waals surface area contributed by atoms with Gasteiger partial charge in [-0.3, -0.25) is 4.79 Å². The number of imidazole rings is 1. The molecule has 4 nitrogen and oxygen atoms in total. The number of nitrogens with one attached hydrogen (secondary N) is 1. The molecule has 1 aromatic rings. The van der Waals surface area contributed by atoms with Gasteiger partial charge in [0.05, 0.1) is 12.0 Å². The van der Waals surface area contributed by atoms with Crippen LogP contribution in [0.1, 0.15) is 50.5 Å². The first kappa shape index (κ1) is 13.7. The molecule has 0 bridgehead atoms. The number of carbonyl (C=O) groups excluding carboxylic acids is 1. The number of aryl methyl sites for hydroxylation is 1. The van der Waals surface area contributed by atoms with Crippen molar-refractivity contribution in [1.29, 1.82) is 0 Å². The Bertz CT molecular complexity index is 371. The summed E-state index contributed by atoms with van der Waals surface area (Å²) in [6, 6.07) is -0.183. The molecule has 17 heavy (non-hydrogen) atoms. The van der Waals surface area contributed by atoms with E-state index < -0.39 is 0 Å². The van der Waals surface area contributed by atoms with Crippen molar-refractivity contribution in [3.63, 3.8) is 0 Å². The molecule has 1 aromatic heterocycles. The van der Waals surface area contributed by atoms with Crippen LogP contribution in [-0.2, 0) is 4.79 Å². The van der Waals surface area contributed by atoms with Crippen LogP contribution in [0.4, 0.5) is 0 Å². The predicted molar refractivity (Wildman–Crippen MR) is 68.9 cm³/mol. The van der Waals surface area contributed by atoms with Crippen molar-refractivity contribution in [3.8, 4) is 0 Å². The third-order valence-corrected chi connectivity index (χ3v) is 3.16. The van der Waals surface area contributed by atoms with Crippen molar-refractivity contribution >= 4 is 5.91 Å². The second-order valence-corrected chi connectivity index (χ2v) is 4.50. The smallest absolute Gasteiger partial charge is 0.242 e. The number of hydrogen-bond acceptors (Lipinski definition) is 2. The third-order valence-electron chi connectivity index (χ3n) is 3.16. The van der Waals surface area contributed by atoms with Crippen LogP contribution >= 0.6 is 0 Å². The molecular weight excluding hydrogens is 214 g/mol. The molecule has 1 rings (SSSR count). The Labute approximate surface area is 103 Å². The molecule has 0 aliphatic carbocycles. The molecular formula is C13H23N3O. The summed E-state index contributed by atoms with van der Waals surface area (Å²) < 4.78 is 1.92. The van der Waals surface area contributed by atoms with Crippen molar-refractivity contribution in [3.05, 3.63) is 17.7 Å². The van der Waals surface area contributed by atoms with E-state index in [0.717, 1.165) is 30.8 Å². The van der Waals surface area contributed by atoms with Crippen molar-refractivity contribution in [1.82, 2.24) is 14.9 Å². The molecule has 0 fully saturated rings. The summed E-state index contributed by atoms with van der Waals surface area (Å²) in [6.07, 6.45) is 5.13. The molecule has 0 aromatic carbocycles. The Kier molecular flexibility index (Phi) is 5.19. The Morgan fingerprint density at radius 3 is 2.71 bits per heavy atom. The van der Waals surface area contributed by atoms with Gasteiger partial charge in [-0.15, -0.1) is 0 Å². The molecule has 0 aliphatic rings. The number of amides is 1. The largest absolute Gasteiger partial charge is 0.354 e. The van der Waals surface area contributed by atoms with E-state index in [9.17, 15) is 4.79 Å². The molecule has 0 saturated heterocycles. The minimum atomic E-state index is -0.183. The first-order valence-electron chi connectivity index (χ1n) is 6.35. The lowest BCUT2D eigenvalue weighted by Crippen LogP contribution is -2.31. The van der Waals surface area contributed by atoms with E-state index in [1.807, 2.05) is 25.3 Å². The molecule has 1 heterocycles. The Morgan fingerprint density at radius 1 is 1.47 bits per heavy atom. The van der Waals surface area contributed by atoms with Crippen LogP contribution in [0.3, 0.4) is 0 Å². The van der Waals surface area contributed by atoms with Crippen molar-refractivity contribution < 1.29 is 4.79 Å². The van der Waals surface area contributed by atoms with Gasteiger partial charge in [0.15, 0.2) is 0 Å². The summed E-state index contributed by atoms with van der Waals surface area (Å²) in [6.45, 7) is 8.77. The highest BCUT2D eigenvalue weighted by Gasteiger charge is 2.16. The molecule has 0 saturated carbocycles. The highest BCUT2D eigenvalue weighted by molar-refractivity contribution is 5.79. The monoisotopic (exact) mass is 237 g/mol. The third kappa shape index (κ3) is 3.58. The van der Waals surface area contributed by atoms with E-state index >= 15 is 0 Å². The fourth-order valence-electron chi connectivity index (χ4n) is 1.77. The summed E-state index contributed by atoms with van der Waals surface area (Å²) in [5.41, 5.74) is 2.04. The first-order chi connectivity index (χ1) is 8.07. The fraction of sp³-hybridized carbons (Fsp3) is 0.692. The van der Waals surface area contributed by atoms with Crippen LogP contribution in [0.25, 0.3) is 0 Å². The maximum absolute atomic E-state index is 11.9. The molecule has 0 aliphatic heterocycles. The lowest BCUT2D eigenvalue weighted by molar-refractivity contribution is -0.123. The Balaban J connectivity index is 2.49. The van der Waals surface area contributed by atoms with Crippen LogP contribution in [0.15, 0.2) is 6.33 Å². The van der Waals surface area contributed by atoms with Gasteiger partial charge in [-0.05, 0) is 27.2 Å². The minimum Gasteiger partial charge on any atom is -0.354 e. The summed E-state index contributed by atoms with van der Waals surface area (Å²) in [5.74, 6) is 0.0709. The van der Waals surface area contributed by atoms with Gasteiger partial charge < -0.3 is 9.88 Å². The lowest BCUT2D eigenvalue weighted by atomic mass is 10.2. The topological polar surface area (TPSA) is 46.9 Å². The van der Waals surface area contributed by atoms with E-state index in [0.29, 0.717) is 0 Å². The van der Waals surface area contributed by atoms with Gasteiger partial charge in [0.2, 0.25) is 5.91 Å². The second kappa shape index (κ2) is 6.42. The van der Waals surface area contributed by atoms with Gasteiger partial charge in [0, 0.05) is 12.2 Å². The highest BCUT2D eigenvalue weighted by atomic mass is 16.2. The highest BCUT2D eigenvalue weighted by Crippen LogP contribution is 2.12. The van der Waals surface area contributed by atoms with Gasteiger partial charge >= 0.3 is 0 Å². The van der Waals surface area contributed by atoms with Crippen LogP contribution < -0.4 is 5.32 Å². The van der Waals surface area contributed by atoms with E-state index in [4.69, 9.17) is 0 Å². The number of unbranched alkanes of at least 4 members (excludes halogenated alkanes) is 2. The van der Waals surface area contributed by atoms with Gasteiger partial charge in [-0.1, -0.05) is 19.8 Å². The fourth-order valence-corrected chi connectivity index (χ4v) is 1.77. The number of hydrogen-bond donors (Lipinski definition) is 1.